The van der Waals surface area contributed by atoms with Gasteiger partial charge in [-0.25, -0.2) is 18.2 Å². The summed E-state index contributed by atoms with van der Waals surface area (Å²) in [5, 5.41) is 13.2. The van der Waals surface area contributed by atoms with Gasteiger partial charge in [-0.05, 0) is 120 Å². The molecule has 0 saturated heterocycles. The maximum Gasteiger partial charge on any atom is 0.328 e. The predicted molar refractivity (Wildman–Crippen MR) is 265 cm³/mol. The van der Waals surface area contributed by atoms with E-state index in [1.807, 2.05) is 66.7 Å². The number of fused-ring (bicyclic) bond motifs is 2. The van der Waals surface area contributed by atoms with Crippen LogP contribution < -0.4 is 24.4 Å². The number of halogens is 2. The van der Waals surface area contributed by atoms with E-state index in [1.54, 1.807) is 48.2 Å². The highest BCUT2D eigenvalue weighted by molar-refractivity contribution is 7.91. The van der Waals surface area contributed by atoms with Gasteiger partial charge in [0.1, 0.15) is 31.0 Å². The molecule has 0 radical (unpaired) electrons. The van der Waals surface area contributed by atoms with Crippen LogP contribution in [0.1, 0.15) is 71.4 Å². The van der Waals surface area contributed by atoms with Crippen molar-refractivity contribution in [2.45, 2.75) is 87.5 Å². The number of hydrogen-bond donors (Lipinski definition) is 1. The van der Waals surface area contributed by atoms with E-state index in [1.165, 1.54) is 14.0 Å². The van der Waals surface area contributed by atoms with Crippen molar-refractivity contribution in [3.63, 3.8) is 0 Å². The van der Waals surface area contributed by atoms with E-state index in [0.717, 1.165) is 57.2 Å². The number of methoxy groups -OCH3 is 1. The Hall–Kier alpha value is -6.48. The lowest BCUT2D eigenvalue weighted by molar-refractivity contribution is -0.145. The van der Waals surface area contributed by atoms with Crippen molar-refractivity contribution in [2.75, 3.05) is 18.6 Å². The summed E-state index contributed by atoms with van der Waals surface area (Å²) in [6.45, 7) is 3.26. The highest BCUT2D eigenvalue weighted by atomic mass is 35.5. The van der Waals surface area contributed by atoms with Crippen LogP contribution >= 0.6 is 34.5 Å². The number of nitrogens with zero attached hydrogens (tertiary/aromatic N) is 4. The number of thiazole rings is 1. The molecule has 1 fully saturated rings. The van der Waals surface area contributed by atoms with Gasteiger partial charge < -0.3 is 24.3 Å². The SMILES string of the molecule is COC(=O)[C@H](Cc1ccc(-c2ccc(C#N)cc2)cc1)NC(=O)C1Cc2cc3c(cc2CN1S(=O)(=O)c1sc(N(C(C)=O)C2CCC2)nc1C)O[C@@H](c1ccc(OCc2ccc(Cl)c(Cl)c2)cc1)CO3. The second kappa shape index (κ2) is 20.5. The van der Waals surface area contributed by atoms with Crippen LogP contribution in [-0.2, 0) is 55.1 Å². The zero-order chi connectivity index (χ0) is 49.3. The van der Waals surface area contributed by atoms with Crippen molar-refractivity contribution >= 4 is 67.5 Å². The van der Waals surface area contributed by atoms with Gasteiger partial charge in [-0.3, -0.25) is 14.5 Å². The molecule has 360 valence electrons. The molecule has 0 spiro atoms. The Balaban J connectivity index is 0.980. The van der Waals surface area contributed by atoms with E-state index in [0.29, 0.717) is 49.5 Å². The van der Waals surface area contributed by atoms with E-state index in [4.69, 9.17) is 42.1 Å². The summed E-state index contributed by atoms with van der Waals surface area (Å²) >= 11 is 13.1. The Bertz CT molecular complexity index is 3120. The van der Waals surface area contributed by atoms with Crippen molar-refractivity contribution in [3.8, 4) is 34.4 Å². The lowest BCUT2D eigenvalue weighted by Gasteiger charge is -2.36. The van der Waals surface area contributed by atoms with Crippen molar-refractivity contribution in [2.24, 2.45) is 0 Å². The highest BCUT2D eigenvalue weighted by Gasteiger charge is 2.44. The maximum atomic E-state index is 15.1. The van der Waals surface area contributed by atoms with Crippen LogP contribution in [-0.4, -0.2) is 67.3 Å². The Labute approximate surface area is 419 Å². The van der Waals surface area contributed by atoms with Crippen LogP contribution in [0.25, 0.3) is 11.1 Å². The zero-order valence-electron chi connectivity index (χ0n) is 38.3. The van der Waals surface area contributed by atoms with Crippen molar-refractivity contribution in [1.82, 2.24) is 14.6 Å². The Kier molecular flexibility index (Phi) is 14.2. The Morgan fingerprint density at radius 3 is 2.26 bits per heavy atom. The van der Waals surface area contributed by atoms with E-state index in [2.05, 4.69) is 16.4 Å². The fourth-order valence-electron chi connectivity index (χ4n) is 8.76. The number of carbonyl (C=O) groups is 3. The summed E-state index contributed by atoms with van der Waals surface area (Å²) in [6.07, 6.45) is 2.00. The third kappa shape index (κ3) is 10.2. The van der Waals surface area contributed by atoms with E-state index in [9.17, 15) is 19.6 Å². The lowest BCUT2D eigenvalue weighted by Crippen LogP contribution is -2.56. The molecule has 70 heavy (non-hydrogen) atoms. The average Bonchev–Trinajstić information content (AvgIpc) is 3.75. The molecule has 1 aromatic heterocycles. The smallest absolute Gasteiger partial charge is 0.328 e. The number of nitrogens with one attached hydrogen (secondary N) is 1. The first-order valence-electron chi connectivity index (χ1n) is 22.6. The van der Waals surface area contributed by atoms with Crippen molar-refractivity contribution in [1.29, 1.82) is 5.26 Å². The highest BCUT2D eigenvalue weighted by Crippen LogP contribution is 2.43. The number of aryl methyl sites for hydroxylation is 1. The molecule has 5 aromatic carbocycles. The average molecular weight is 1020 g/mol. The molecule has 3 aliphatic rings. The largest absolute Gasteiger partial charge is 0.489 e. The molecule has 18 heteroatoms. The number of aromatic nitrogens is 1. The van der Waals surface area contributed by atoms with Gasteiger partial charge in [-0.15, -0.1) is 0 Å². The second-order valence-corrected chi connectivity index (χ2v) is 21.3. The minimum atomic E-state index is -4.48. The number of nitriles is 1. The quantitative estimate of drug-likeness (QED) is 0.103. The molecule has 0 bridgehead atoms. The van der Waals surface area contributed by atoms with Gasteiger partial charge in [-0.1, -0.05) is 89.1 Å². The number of benzene rings is 5. The van der Waals surface area contributed by atoms with Crippen molar-refractivity contribution < 1.29 is 41.7 Å². The molecule has 1 aliphatic carbocycles. The van der Waals surface area contributed by atoms with Crippen LogP contribution in [0, 0.1) is 18.3 Å². The molecular formula is C52H47Cl2N5O9S2. The molecule has 1 saturated carbocycles. The normalized spacial score (nSPS) is 17.0. The second-order valence-electron chi connectivity index (χ2n) is 17.4. The van der Waals surface area contributed by atoms with E-state index >= 15 is 8.42 Å². The standard InChI is InChI=1S/C52H47Cl2N5O9S2/c1-30-51(69-52(56-30)59(31(2)60)40-5-4-6-40)70(63,64)58-27-39-25-47-46(67-29-48(68-47)37-16-18-41(19-17-37)66-28-34-11-20-42(53)43(54)21-34)24-38(39)23-45(58)49(61)57-44(50(62)65-3)22-32-7-12-35(13-8-32)36-14-9-33(26-55)10-15-36/h7-21,24-25,40,44-45,48H,4-6,22-23,27-29H2,1-3H3,(H,57,61)/t44-,45?,48+/m0/s1. The number of carbonyl (C=O) groups excluding carboxylic acids is 3. The Morgan fingerprint density at radius 1 is 0.929 bits per heavy atom. The van der Waals surface area contributed by atoms with Gasteiger partial charge >= 0.3 is 5.97 Å². The minimum absolute atomic E-state index is 0.0514. The van der Waals surface area contributed by atoms with Crippen LogP contribution in [0.5, 0.6) is 17.2 Å². The van der Waals surface area contributed by atoms with Gasteiger partial charge in [0.2, 0.25) is 11.8 Å². The number of ether oxygens (including phenoxy) is 4. The molecule has 1 unspecified atom stereocenters. The molecule has 14 nitrogen and oxygen atoms in total. The van der Waals surface area contributed by atoms with Crippen LogP contribution in [0.15, 0.2) is 107 Å². The summed E-state index contributed by atoms with van der Waals surface area (Å²) < 4.78 is 55.1. The van der Waals surface area contributed by atoms with Gasteiger partial charge in [0.25, 0.3) is 10.0 Å². The van der Waals surface area contributed by atoms with Gasteiger partial charge in [0.15, 0.2) is 26.9 Å². The molecule has 9 rings (SSSR count). The van der Waals surface area contributed by atoms with E-state index < -0.39 is 40.1 Å². The predicted octanol–water partition coefficient (Wildman–Crippen LogP) is 9.31. The van der Waals surface area contributed by atoms with Gasteiger partial charge in [-0.2, -0.15) is 9.57 Å². The third-order valence-corrected chi connectivity index (χ3v) is 17.1. The summed E-state index contributed by atoms with van der Waals surface area (Å²) in [5.41, 5.74) is 6.19. The molecule has 1 N–H and O–H groups in total. The first kappa shape index (κ1) is 48.5. The molecule has 6 aromatic rings. The van der Waals surface area contributed by atoms with Crippen LogP contribution in [0.2, 0.25) is 10.0 Å². The number of sulfonamides is 1. The van der Waals surface area contributed by atoms with Crippen LogP contribution in [0.3, 0.4) is 0 Å². The molecule has 3 atom stereocenters. The lowest BCUT2D eigenvalue weighted by atomic mass is 9.92. The summed E-state index contributed by atoms with van der Waals surface area (Å²) in [6, 6.07) is 30.4. The number of anilines is 1. The molecule has 3 heterocycles. The first-order valence-corrected chi connectivity index (χ1v) is 25.6. The first-order chi connectivity index (χ1) is 33.7. The fraction of sp³-hybridized carbons (Fsp3) is 0.288. The summed E-state index contributed by atoms with van der Waals surface area (Å²) in [7, 11) is -3.26. The maximum absolute atomic E-state index is 15.1. The monoisotopic (exact) mass is 1020 g/mol. The summed E-state index contributed by atoms with van der Waals surface area (Å²) in [5.74, 6) is -0.182. The minimum Gasteiger partial charge on any atom is -0.489 e. The van der Waals surface area contributed by atoms with Crippen molar-refractivity contribution in [3.05, 3.63) is 152 Å². The number of rotatable bonds is 14. The molecular weight excluding hydrogens is 974 g/mol. The molecule has 2 aliphatic heterocycles. The Morgan fingerprint density at radius 2 is 1.61 bits per heavy atom. The van der Waals surface area contributed by atoms with Gasteiger partial charge in [0.05, 0.1) is 34.5 Å². The third-order valence-electron chi connectivity index (χ3n) is 12.8. The summed E-state index contributed by atoms with van der Waals surface area (Å²) in [4.78, 5) is 47.1. The fourth-order valence-corrected chi connectivity index (χ4v) is 12.4. The van der Waals surface area contributed by atoms with Crippen LogP contribution in [0.4, 0.5) is 5.13 Å². The topological polar surface area (TPSA) is 177 Å². The van der Waals surface area contributed by atoms with E-state index in [-0.39, 0.29) is 59.6 Å². The number of amides is 2. The number of esters is 1. The zero-order valence-corrected chi connectivity index (χ0v) is 41.5. The number of hydrogen-bond acceptors (Lipinski definition) is 12. The van der Waals surface area contributed by atoms with Gasteiger partial charge in [0, 0.05) is 25.9 Å². The molecule has 2 amide bonds.